The number of nitrogens with zero attached hydrogens (tertiary/aromatic N) is 1. The highest BCUT2D eigenvalue weighted by Crippen LogP contribution is 2.32. The van der Waals surface area contributed by atoms with Crippen LogP contribution < -0.4 is 10.1 Å². The van der Waals surface area contributed by atoms with Gasteiger partial charge in [-0.3, -0.25) is 4.79 Å². The third kappa shape index (κ3) is 6.06. The number of phenols is 1. The number of benzene rings is 3. The molecule has 1 aliphatic heterocycles. The number of aliphatic hydroxyl groups excluding tert-OH is 1. The fraction of sp³-hybridized carbons (Fsp3) is 0.323. The van der Waals surface area contributed by atoms with Gasteiger partial charge in [-0.1, -0.05) is 48.5 Å². The highest BCUT2D eigenvalue weighted by atomic mass is 32.2. The monoisotopic (exact) mass is 564 g/mol. The number of phenolic OH excluding ortho intramolecular Hbond substituents is 1. The summed E-state index contributed by atoms with van der Waals surface area (Å²) in [5.74, 6) is 0.00853. The van der Waals surface area contributed by atoms with Gasteiger partial charge in [0, 0.05) is 19.6 Å². The SMILES string of the molecule is CCOc1cccc(-c2ccc(C3=CCN(S(=O)(=O)C(C)(CO)CNC(=O)c4ccccc4O)CC3)cc2C)c1. The molecule has 3 aromatic carbocycles. The Morgan fingerprint density at radius 2 is 1.85 bits per heavy atom. The maximum Gasteiger partial charge on any atom is 0.255 e. The standard InChI is InChI=1S/C31H36N2O6S/c1-4-39-26-9-7-8-25(19-26)27-13-12-24(18-22(27)2)23-14-16-33(17-15-23)40(37,38)31(3,21-34)20-32-30(36)28-10-5-6-11-29(28)35/h5-14,18-19,34-35H,4,15-17,20-21H2,1-3H3,(H,32,36). The molecule has 3 aromatic rings. The van der Waals surface area contributed by atoms with Crippen molar-refractivity contribution in [3.8, 4) is 22.6 Å². The van der Waals surface area contributed by atoms with Gasteiger partial charge in [-0.05, 0) is 79.3 Å². The molecule has 40 heavy (non-hydrogen) atoms. The number of carbonyl (C=O) groups excluding carboxylic acids is 1. The zero-order valence-corrected chi connectivity index (χ0v) is 23.9. The van der Waals surface area contributed by atoms with E-state index in [4.69, 9.17) is 4.74 Å². The molecule has 1 unspecified atom stereocenters. The molecule has 0 saturated carbocycles. The molecule has 3 N–H and O–H groups in total. The van der Waals surface area contributed by atoms with Crippen LogP contribution in [0.1, 0.15) is 41.8 Å². The third-order valence-corrected chi connectivity index (χ3v) is 9.82. The van der Waals surface area contributed by atoms with Crippen molar-refractivity contribution in [3.63, 3.8) is 0 Å². The van der Waals surface area contributed by atoms with Crippen LogP contribution in [0.3, 0.4) is 0 Å². The number of hydrogen-bond donors (Lipinski definition) is 3. The lowest BCUT2D eigenvalue weighted by Crippen LogP contribution is -2.55. The Morgan fingerprint density at radius 1 is 1.07 bits per heavy atom. The fourth-order valence-electron chi connectivity index (χ4n) is 4.81. The van der Waals surface area contributed by atoms with E-state index in [9.17, 15) is 23.4 Å². The smallest absolute Gasteiger partial charge is 0.255 e. The number of aromatic hydroxyl groups is 1. The van der Waals surface area contributed by atoms with E-state index in [1.165, 1.54) is 23.4 Å². The van der Waals surface area contributed by atoms with Crippen LogP contribution in [0.25, 0.3) is 16.7 Å². The summed E-state index contributed by atoms with van der Waals surface area (Å²) < 4.78 is 32.5. The molecule has 212 valence electrons. The summed E-state index contributed by atoms with van der Waals surface area (Å²) in [7, 11) is -3.98. The zero-order chi connectivity index (χ0) is 28.9. The van der Waals surface area contributed by atoms with Gasteiger partial charge >= 0.3 is 0 Å². The number of nitrogens with one attached hydrogen (secondary N) is 1. The Balaban J connectivity index is 1.46. The number of ether oxygens (including phenoxy) is 1. The Bertz CT molecular complexity index is 1520. The van der Waals surface area contributed by atoms with Crippen LogP contribution in [0.2, 0.25) is 0 Å². The van der Waals surface area contributed by atoms with Crippen molar-refractivity contribution in [1.29, 1.82) is 0 Å². The third-order valence-electron chi connectivity index (χ3n) is 7.29. The number of hydrogen-bond acceptors (Lipinski definition) is 6. The second-order valence-corrected chi connectivity index (χ2v) is 12.6. The number of para-hydroxylation sites is 1. The molecule has 1 aliphatic rings. The van der Waals surface area contributed by atoms with Crippen LogP contribution in [0, 0.1) is 6.92 Å². The Kier molecular flexibility index (Phi) is 8.98. The molecule has 8 nitrogen and oxygen atoms in total. The molecule has 1 amide bonds. The fourth-order valence-corrected chi connectivity index (χ4v) is 6.45. The average molecular weight is 565 g/mol. The lowest BCUT2D eigenvalue weighted by Gasteiger charge is -2.35. The van der Waals surface area contributed by atoms with Gasteiger partial charge in [0.25, 0.3) is 5.91 Å². The molecule has 1 atom stereocenters. The van der Waals surface area contributed by atoms with Crippen molar-refractivity contribution in [2.75, 3.05) is 32.8 Å². The number of aliphatic hydroxyl groups is 1. The van der Waals surface area contributed by atoms with Gasteiger partial charge in [-0.15, -0.1) is 0 Å². The molecule has 0 spiro atoms. The summed E-state index contributed by atoms with van der Waals surface area (Å²) >= 11 is 0. The molecular formula is C31H36N2O6S. The molecule has 9 heteroatoms. The van der Waals surface area contributed by atoms with Gasteiger partial charge < -0.3 is 20.3 Å². The van der Waals surface area contributed by atoms with Crippen molar-refractivity contribution in [3.05, 3.63) is 89.5 Å². The van der Waals surface area contributed by atoms with Crippen LogP contribution in [0.15, 0.2) is 72.8 Å². The predicted octanol–water partition coefficient (Wildman–Crippen LogP) is 4.37. The largest absolute Gasteiger partial charge is 0.507 e. The number of aryl methyl sites for hydroxylation is 1. The number of rotatable bonds is 10. The second-order valence-electron chi connectivity index (χ2n) is 10.1. The molecule has 0 aromatic heterocycles. The highest BCUT2D eigenvalue weighted by Gasteiger charge is 2.43. The maximum absolute atomic E-state index is 13.6. The summed E-state index contributed by atoms with van der Waals surface area (Å²) in [6.45, 7) is 5.47. The molecule has 0 bridgehead atoms. The maximum atomic E-state index is 13.6. The minimum atomic E-state index is -3.98. The number of sulfonamides is 1. The summed E-state index contributed by atoms with van der Waals surface area (Å²) in [5, 5.41) is 22.6. The first-order chi connectivity index (χ1) is 19.1. The Hall–Kier alpha value is -3.66. The lowest BCUT2D eigenvalue weighted by molar-refractivity contribution is 0.0942. The summed E-state index contributed by atoms with van der Waals surface area (Å²) in [4.78, 5) is 12.5. The number of carbonyl (C=O) groups is 1. The topological polar surface area (TPSA) is 116 Å². The van der Waals surface area contributed by atoms with E-state index in [1.54, 1.807) is 12.1 Å². The highest BCUT2D eigenvalue weighted by molar-refractivity contribution is 7.90. The van der Waals surface area contributed by atoms with E-state index in [0.29, 0.717) is 13.0 Å². The van der Waals surface area contributed by atoms with Gasteiger partial charge in [-0.2, -0.15) is 4.31 Å². The summed E-state index contributed by atoms with van der Waals surface area (Å²) in [6.07, 6.45) is 2.42. The predicted molar refractivity (Wildman–Crippen MR) is 157 cm³/mol. The molecule has 0 aliphatic carbocycles. The van der Waals surface area contributed by atoms with Crippen LogP contribution >= 0.6 is 0 Å². The first kappa shape index (κ1) is 29.3. The molecular weight excluding hydrogens is 528 g/mol. The van der Waals surface area contributed by atoms with E-state index in [1.807, 2.05) is 31.2 Å². The minimum Gasteiger partial charge on any atom is -0.507 e. The quantitative estimate of drug-likeness (QED) is 0.337. The van der Waals surface area contributed by atoms with Crippen LogP contribution in [0.5, 0.6) is 11.5 Å². The second kappa shape index (κ2) is 12.2. The first-order valence-corrected chi connectivity index (χ1v) is 14.7. The zero-order valence-electron chi connectivity index (χ0n) is 23.1. The van der Waals surface area contributed by atoms with Crippen molar-refractivity contribution < 1.29 is 28.2 Å². The van der Waals surface area contributed by atoms with Crippen molar-refractivity contribution in [2.45, 2.75) is 31.9 Å². The van der Waals surface area contributed by atoms with E-state index >= 15 is 0 Å². The van der Waals surface area contributed by atoms with Crippen molar-refractivity contribution >= 4 is 21.5 Å². The number of amides is 1. The molecule has 1 heterocycles. The van der Waals surface area contributed by atoms with E-state index < -0.39 is 27.3 Å². The van der Waals surface area contributed by atoms with Gasteiger partial charge in [0.15, 0.2) is 0 Å². The first-order valence-electron chi connectivity index (χ1n) is 13.3. The summed E-state index contributed by atoms with van der Waals surface area (Å²) in [5.41, 5.74) is 5.42. The van der Waals surface area contributed by atoms with Crippen molar-refractivity contribution in [1.82, 2.24) is 9.62 Å². The van der Waals surface area contributed by atoms with Gasteiger partial charge in [0.05, 0.1) is 18.8 Å². The summed E-state index contributed by atoms with van der Waals surface area (Å²) in [6, 6.07) is 20.2. The van der Waals surface area contributed by atoms with E-state index in [2.05, 4.69) is 36.5 Å². The van der Waals surface area contributed by atoms with E-state index in [0.717, 1.165) is 33.6 Å². The normalized spacial score (nSPS) is 15.7. The van der Waals surface area contributed by atoms with Crippen molar-refractivity contribution in [2.24, 2.45) is 0 Å². The minimum absolute atomic E-state index is 0.0362. The average Bonchev–Trinajstić information content (AvgIpc) is 2.96. The molecule has 0 saturated heterocycles. The molecule has 4 rings (SSSR count). The van der Waals surface area contributed by atoms with Crippen LogP contribution in [-0.4, -0.2) is 66.4 Å². The van der Waals surface area contributed by atoms with E-state index in [-0.39, 0.29) is 30.9 Å². The van der Waals surface area contributed by atoms with Gasteiger partial charge in [0.1, 0.15) is 16.2 Å². The Morgan fingerprint density at radius 3 is 2.50 bits per heavy atom. The van der Waals surface area contributed by atoms with Gasteiger partial charge in [0.2, 0.25) is 10.0 Å². The lowest BCUT2D eigenvalue weighted by atomic mass is 9.93. The van der Waals surface area contributed by atoms with Crippen LogP contribution in [-0.2, 0) is 10.0 Å². The Labute approximate surface area is 236 Å². The van der Waals surface area contributed by atoms with Gasteiger partial charge in [-0.25, -0.2) is 8.42 Å². The molecule has 0 radical (unpaired) electrons. The van der Waals surface area contributed by atoms with Crippen LogP contribution in [0.4, 0.5) is 0 Å². The molecule has 0 fully saturated rings.